The van der Waals surface area contributed by atoms with E-state index in [2.05, 4.69) is 0 Å². The molecule has 0 aromatic carbocycles. The number of esters is 1. The summed E-state index contributed by atoms with van der Waals surface area (Å²) in [6.45, 7) is 4.47. The molecule has 1 aromatic heterocycles. The van der Waals surface area contributed by atoms with Gasteiger partial charge in [-0.05, 0) is 33.0 Å². The zero-order valence-corrected chi connectivity index (χ0v) is 9.90. The molecule has 0 radical (unpaired) electrons. The molecule has 4 nitrogen and oxygen atoms in total. The standard InChI is InChI=1S/C12H17NO3/c1-8-4-5-10(15-8)7-13(3)11-6-9(2)16-12(11)14/h4-5,9,11H,6-7H2,1-3H3. The minimum atomic E-state index is -0.139. The van der Waals surface area contributed by atoms with Crippen molar-refractivity contribution in [3.8, 4) is 0 Å². The number of nitrogens with zero attached hydrogens (tertiary/aromatic N) is 1. The van der Waals surface area contributed by atoms with E-state index in [-0.39, 0.29) is 18.1 Å². The van der Waals surface area contributed by atoms with Crippen molar-refractivity contribution in [2.24, 2.45) is 0 Å². The minimum absolute atomic E-state index is 0.0262. The highest BCUT2D eigenvalue weighted by Gasteiger charge is 2.34. The molecule has 4 heteroatoms. The first-order valence-corrected chi connectivity index (χ1v) is 5.52. The molecule has 0 amide bonds. The lowest BCUT2D eigenvalue weighted by Crippen LogP contribution is -2.34. The van der Waals surface area contributed by atoms with Gasteiger partial charge in [0.25, 0.3) is 0 Å². The Morgan fingerprint density at radius 2 is 2.25 bits per heavy atom. The smallest absolute Gasteiger partial charge is 0.323 e. The largest absolute Gasteiger partial charge is 0.465 e. The number of hydrogen-bond donors (Lipinski definition) is 0. The van der Waals surface area contributed by atoms with Gasteiger partial charge >= 0.3 is 5.97 Å². The number of carbonyl (C=O) groups is 1. The lowest BCUT2D eigenvalue weighted by molar-refractivity contribution is -0.144. The van der Waals surface area contributed by atoms with Gasteiger partial charge in [0.2, 0.25) is 0 Å². The molecule has 1 fully saturated rings. The van der Waals surface area contributed by atoms with Crippen molar-refractivity contribution in [2.45, 2.75) is 39.0 Å². The minimum Gasteiger partial charge on any atom is -0.465 e. The molecule has 2 atom stereocenters. The maximum absolute atomic E-state index is 11.5. The van der Waals surface area contributed by atoms with E-state index in [1.54, 1.807) is 0 Å². The van der Waals surface area contributed by atoms with Gasteiger partial charge in [-0.2, -0.15) is 0 Å². The average molecular weight is 223 g/mol. The summed E-state index contributed by atoms with van der Waals surface area (Å²) in [5.41, 5.74) is 0. The van der Waals surface area contributed by atoms with Gasteiger partial charge in [-0.1, -0.05) is 0 Å². The summed E-state index contributed by atoms with van der Waals surface area (Å²) in [5.74, 6) is 1.65. The molecular weight excluding hydrogens is 206 g/mol. The van der Waals surface area contributed by atoms with Crippen LogP contribution in [0, 0.1) is 6.92 Å². The molecule has 1 aromatic rings. The molecular formula is C12H17NO3. The van der Waals surface area contributed by atoms with Crippen LogP contribution < -0.4 is 0 Å². The van der Waals surface area contributed by atoms with Crippen LogP contribution in [0.4, 0.5) is 0 Å². The third kappa shape index (κ3) is 2.27. The zero-order valence-electron chi connectivity index (χ0n) is 9.90. The van der Waals surface area contributed by atoms with Crippen molar-refractivity contribution in [2.75, 3.05) is 7.05 Å². The first-order chi connectivity index (χ1) is 7.56. The summed E-state index contributed by atoms with van der Waals surface area (Å²) in [6.07, 6.45) is 0.785. The van der Waals surface area contributed by atoms with Crippen molar-refractivity contribution in [3.63, 3.8) is 0 Å². The Kier molecular flexibility index (Phi) is 3.01. The second-order valence-corrected chi connectivity index (χ2v) is 4.43. The molecule has 2 heterocycles. The Morgan fingerprint density at radius 3 is 2.75 bits per heavy atom. The van der Waals surface area contributed by atoms with Crippen LogP contribution in [0.3, 0.4) is 0 Å². The number of carbonyl (C=O) groups excluding carboxylic acids is 1. The van der Waals surface area contributed by atoms with Gasteiger partial charge in [-0.15, -0.1) is 0 Å². The van der Waals surface area contributed by atoms with E-state index in [4.69, 9.17) is 9.15 Å². The molecule has 2 rings (SSSR count). The van der Waals surface area contributed by atoms with Gasteiger partial charge < -0.3 is 9.15 Å². The predicted octanol–water partition coefficient (Wildman–Crippen LogP) is 1.72. The van der Waals surface area contributed by atoms with E-state index in [0.29, 0.717) is 6.54 Å². The van der Waals surface area contributed by atoms with Crippen molar-refractivity contribution in [3.05, 3.63) is 23.7 Å². The summed E-state index contributed by atoms with van der Waals surface area (Å²) < 4.78 is 10.6. The van der Waals surface area contributed by atoms with Crippen LogP contribution >= 0.6 is 0 Å². The van der Waals surface area contributed by atoms with E-state index >= 15 is 0 Å². The number of cyclic esters (lactones) is 1. The van der Waals surface area contributed by atoms with Crippen LogP contribution in [-0.2, 0) is 16.1 Å². The van der Waals surface area contributed by atoms with E-state index in [0.717, 1.165) is 17.9 Å². The van der Waals surface area contributed by atoms with Gasteiger partial charge in [-0.25, -0.2) is 0 Å². The molecule has 88 valence electrons. The topological polar surface area (TPSA) is 42.7 Å². The molecule has 0 bridgehead atoms. The zero-order chi connectivity index (χ0) is 11.7. The third-order valence-electron chi connectivity index (χ3n) is 2.88. The Bertz CT molecular complexity index is 385. The lowest BCUT2D eigenvalue weighted by atomic mass is 10.1. The molecule has 2 unspecified atom stereocenters. The Morgan fingerprint density at radius 1 is 1.50 bits per heavy atom. The molecule has 16 heavy (non-hydrogen) atoms. The van der Waals surface area contributed by atoms with Crippen LogP contribution in [0.1, 0.15) is 24.9 Å². The van der Waals surface area contributed by atoms with Gasteiger partial charge in [0.1, 0.15) is 23.7 Å². The van der Waals surface area contributed by atoms with Gasteiger partial charge in [0.15, 0.2) is 0 Å². The number of hydrogen-bond acceptors (Lipinski definition) is 4. The monoisotopic (exact) mass is 223 g/mol. The SMILES string of the molecule is Cc1ccc(CN(C)C2CC(C)OC2=O)o1. The fraction of sp³-hybridized carbons (Fsp3) is 0.583. The Balaban J connectivity index is 1.98. The number of ether oxygens (including phenoxy) is 1. The maximum Gasteiger partial charge on any atom is 0.323 e. The quantitative estimate of drug-likeness (QED) is 0.732. The van der Waals surface area contributed by atoms with Crippen LogP contribution in [0.25, 0.3) is 0 Å². The summed E-state index contributed by atoms with van der Waals surface area (Å²) >= 11 is 0. The second kappa shape index (κ2) is 4.29. The summed E-state index contributed by atoms with van der Waals surface area (Å²) in [4.78, 5) is 13.5. The van der Waals surface area contributed by atoms with Gasteiger partial charge in [-0.3, -0.25) is 9.69 Å². The molecule has 1 aliphatic heterocycles. The second-order valence-electron chi connectivity index (χ2n) is 4.43. The predicted molar refractivity (Wildman–Crippen MR) is 58.9 cm³/mol. The van der Waals surface area contributed by atoms with E-state index in [1.807, 2.05) is 37.9 Å². The number of rotatable bonds is 3. The summed E-state index contributed by atoms with van der Waals surface area (Å²) in [7, 11) is 1.92. The molecule has 1 saturated heterocycles. The fourth-order valence-electron chi connectivity index (χ4n) is 2.02. The summed E-state index contributed by atoms with van der Waals surface area (Å²) in [5, 5.41) is 0. The Hall–Kier alpha value is -1.29. The van der Waals surface area contributed by atoms with Crippen molar-refractivity contribution >= 4 is 5.97 Å². The Labute approximate surface area is 95.2 Å². The van der Waals surface area contributed by atoms with E-state index in [1.165, 1.54) is 0 Å². The van der Waals surface area contributed by atoms with Crippen LogP contribution in [0.15, 0.2) is 16.5 Å². The van der Waals surface area contributed by atoms with Crippen molar-refractivity contribution < 1.29 is 13.9 Å². The molecule has 0 N–H and O–H groups in total. The summed E-state index contributed by atoms with van der Waals surface area (Å²) in [6, 6.07) is 3.73. The van der Waals surface area contributed by atoms with Crippen LogP contribution in [0.2, 0.25) is 0 Å². The van der Waals surface area contributed by atoms with Gasteiger partial charge in [0.05, 0.1) is 6.54 Å². The highest BCUT2D eigenvalue weighted by Crippen LogP contribution is 2.20. The van der Waals surface area contributed by atoms with Crippen LogP contribution in [-0.4, -0.2) is 30.1 Å². The van der Waals surface area contributed by atoms with E-state index in [9.17, 15) is 4.79 Å². The maximum atomic E-state index is 11.5. The normalized spacial score (nSPS) is 25.1. The number of aryl methyl sites for hydroxylation is 1. The molecule has 0 aliphatic carbocycles. The average Bonchev–Trinajstić information content (AvgIpc) is 2.73. The first kappa shape index (κ1) is 11.2. The number of furan rings is 1. The fourth-order valence-corrected chi connectivity index (χ4v) is 2.02. The highest BCUT2D eigenvalue weighted by atomic mass is 16.6. The lowest BCUT2D eigenvalue weighted by Gasteiger charge is -2.19. The molecule has 0 spiro atoms. The number of likely N-dealkylation sites (N-methyl/N-ethyl adjacent to an activating group) is 1. The van der Waals surface area contributed by atoms with Crippen molar-refractivity contribution in [1.29, 1.82) is 0 Å². The molecule has 0 saturated carbocycles. The first-order valence-electron chi connectivity index (χ1n) is 5.52. The van der Waals surface area contributed by atoms with Crippen LogP contribution in [0.5, 0.6) is 0 Å². The highest BCUT2D eigenvalue weighted by molar-refractivity contribution is 5.77. The third-order valence-corrected chi connectivity index (χ3v) is 2.88. The molecule has 1 aliphatic rings. The van der Waals surface area contributed by atoms with Crippen molar-refractivity contribution in [1.82, 2.24) is 4.90 Å². The van der Waals surface area contributed by atoms with E-state index < -0.39 is 0 Å². The van der Waals surface area contributed by atoms with Gasteiger partial charge in [0, 0.05) is 6.42 Å².